The molecule has 0 aliphatic carbocycles. The molecule has 2 amide bonds. The van der Waals surface area contributed by atoms with Crippen LogP contribution in [0.25, 0.3) is 22.2 Å². The fraction of sp³-hybridized carbons (Fsp3) is 0.290. The number of benzene rings is 3. The number of fused-ring (bicyclic) bond motifs is 1. The van der Waals surface area contributed by atoms with Crippen molar-refractivity contribution in [2.45, 2.75) is 59.6 Å². The summed E-state index contributed by atoms with van der Waals surface area (Å²) in [5.74, 6) is -0.0231. The van der Waals surface area contributed by atoms with Crippen molar-refractivity contribution in [3.8, 4) is 17.0 Å². The maximum atomic E-state index is 12.8. The number of aryl methyl sites for hydroxylation is 2. The first-order valence-electron chi connectivity index (χ1n) is 12.7. The van der Waals surface area contributed by atoms with Crippen molar-refractivity contribution in [2.75, 3.05) is 5.32 Å². The van der Waals surface area contributed by atoms with Crippen LogP contribution >= 0.6 is 0 Å². The van der Waals surface area contributed by atoms with Gasteiger partial charge in [0.2, 0.25) is 5.91 Å². The number of ether oxygens (including phenoxy) is 1. The lowest BCUT2D eigenvalue weighted by Crippen LogP contribution is -2.41. The normalized spacial score (nSPS) is 12.3. The number of hydrogen-bond acceptors (Lipinski definition) is 4. The molecule has 0 aliphatic rings. The van der Waals surface area contributed by atoms with Crippen LogP contribution in [0.15, 0.2) is 60.7 Å². The number of hydrogen-bond donors (Lipinski definition) is 4. The third-order valence-electron chi connectivity index (χ3n) is 6.66. The molecule has 1 atom stereocenters. The highest BCUT2D eigenvalue weighted by Gasteiger charge is 2.22. The summed E-state index contributed by atoms with van der Waals surface area (Å²) in [6, 6.07) is 18.2. The Morgan fingerprint density at radius 3 is 2.42 bits per heavy atom. The summed E-state index contributed by atoms with van der Waals surface area (Å²) in [5, 5.41) is 17.1. The SMILES string of the molecule is Cc1cc(-c2[nH]c3ccc(NC(=O)[C@H](C)NC(=O)OCc4ccccc4)cc3c2C)cc(C(C)(C)C)c1O. The number of carbonyl (C=O) groups is 2. The number of anilines is 1. The first-order valence-corrected chi connectivity index (χ1v) is 12.7. The zero-order chi connectivity index (χ0) is 27.6. The molecule has 0 bridgehead atoms. The minimum absolute atomic E-state index is 0.130. The van der Waals surface area contributed by atoms with Crippen LogP contribution in [0.5, 0.6) is 5.75 Å². The van der Waals surface area contributed by atoms with E-state index in [4.69, 9.17) is 4.74 Å². The maximum absolute atomic E-state index is 12.8. The summed E-state index contributed by atoms with van der Waals surface area (Å²) in [4.78, 5) is 28.4. The average Bonchev–Trinajstić information content (AvgIpc) is 3.20. The van der Waals surface area contributed by atoms with E-state index in [1.54, 1.807) is 6.92 Å². The number of aromatic nitrogens is 1. The molecular formula is C31H35N3O4. The molecule has 0 saturated heterocycles. The van der Waals surface area contributed by atoms with Gasteiger partial charge in [0.05, 0.1) is 0 Å². The summed E-state index contributed by atoms with van der Waals surface area (Å²) < 4.78 is 5.21. The lowest BCUT2D eigenvalue weighted by molar-refractivity contribution is -0.117. The molecule has 0 saturated carbocycles. The highest BCUT2D eigenvalue weighted by atomic mass is 16.5. The van der Waals surface area contributed by atoms with Gasteiger partial charge in [-0.1, -0.05) is 51.1 Å². The lowest BCUT2D eigenvalue weighted by Gasteiger charge is -2.22. The molecule has 4 N–H and O–H groups in total. The lowest BCUT2D eigenvalue weighted by atomic mass is 9.83. The van der Waals surface area contributed by atoms with Crippen LogP contribution in [0.4, 0.5) is 10.5 Å². The van der Waals surface area contributed by atoms with Crippen molar-refractivity contribution in [1.82, 2.24) is 10.3 Å². The number of nitrogens with one attached hydrogen (secondary N) is 3. The fourth-order valence-electron chi connectivity index (χ4n) is 4.45. The van der Waals surface area contributed by atoms with Gasteiger partial charge in [0, 0.05) is 27.8 Å². The number of H-pyrrole nitrogens is 1. The number of amides is 2. The zero-order valence-electron chi connectivity index (χ0n) is 22.7. The number of rotatable bonds is 6. The standard InChI is InChI=1S/C31H35N3O4/c1-18-14-22(15-25(28(18)35)31(4,5)6)27-19(2)24-16-23(12-13-26(24)34-27)33-29(36)20(3)32-30(37)38-17-21-10-8-7-9-11-21/h7-16,20,34-35H,17H2,1-6H3,(H,32,37)(H,33,36)/t20-/m0/s1. The Balaban J connectivity index is 1.48. The molecule has 0 aliphatic heterocycles. The van der Waals surface area contributed by atoms with E-state index in [1.807, 2.05) is 74.5 Å². The second-order valence-electron chi connectivity index (χ2n) is 10.7. The van der Waals surface area contributed by atoms with Crippen LogP contribution in [0, 0.1) is 13.8 Å². The van der Waals surface area contributed by atoms with Gasteiger partial charge in [-0.05, 0) is 78.8 Å². The average molecular weight is 514 g/mol. The summed E-state index contributed by atoms with van der Waals surface area (Å²) in [6.07, 6.45) is -0.656. The van der Waals surface area contributed by atoms with Gasteiger partial charge in [0.25, 0.3) is 0 Å². The molecule has 38 heavy (non-hydrogen) atoms. The first kappa shape index (κ1) is 26.8. The van der Waals surface area contributed by atoms with Crippen molar-refractivity contribution < 1.29 is 19.4 Å². The van der Waals surface area contributed by atoms with Crippen LogP contribution in [-0.4, -0.2) is 28.1 Å². The van der Waals surface area contributed by atoms with Crippen LogP contribution in [0.3, 0.4) is 0 Å². The molecule has 1 heterocycles. The monoisotopic (exact) mass is 513 g/mol. The van der Waals surface area contributed by atoms with Gasteiger partial charge in [-0.3, -0.25) is 4.79 Å². The van der Waals surface area contributed by atoms with E-state index < -0.39 is 12.1 Å². The molecule has 1 aromatic heterocycles. The smallest absolute Gasteiger partial charge is 0.408 e. The summed E-state index contributed by atoms with van der Waals surface area (Å²) in [5.41, 5.74) is 6.94. The van der Waals surface area contributed by atoms with Gasteiger partial charge < -0.3 is 25.5 Å². The molecule has 7 heteroatoms. The first-order chi connectivity index (χ1) is 17.9. The Bertz CT molecular complexity index is 1480. The molecular weight excluding hydrogens is 478 g/mol. The van der Waals surface area contributed by atoms with E-state index in [0.717, 1.165) is 44.4 Å². The molecule has 4 aromatic rings. The molecule has 0 fully saturated rings. The molecule has 198 valence electrons. The van der Waals surface area contributed by atoms with Crippen LogP contribution in [0.1, 0.15) is 49.9 Å². The minimum Gasteiger partial charge on any atom is -0.507 e. The van der Waals surface area contributed by atoms with Crippen molar-refractivity contribution in [3.63, 3.8) is 0 Å². The fourth-order valence-corrected chi connectivity index (χ4v) is 4.45. The van der Waals surface area contributed by atoms with E-state index in [1.165, 1.54) is 0 Å². The van der Waals surface area contributed by atoms with Crippen molar-refractivity contribution in [3.05, 3.63) is 82.9 Å². The van der Waals surface area contributed by atoms with Crippen molar-refractivity contribution in [1.29, 1.82) is 0 Å². The highest BCUT2D eigenvalue weighted by Crippen LogP contribution is 2.39. The van der Waals surface area contributed by atoms with E-state index in [2.05, 4.69) is 36.4 Å². The number of carbonyl (C=O) groups excluding carboxylic acids is 2. The van der Waals surface area contributed by atoms with Crippen molar-refractivity contribution in [2.24, 2.45) is 0 Å². The third-order valence-corrected chi connectivity index (χ3v) is 6.66. The number of phenolic OH excluding ortho intramolecular Hbond substituents is 1. The molecule has 0 radical (unpaired) electrons. The Hall–Kier alpha value is -4.26. The predicted molar refractivity (Wildman–Crippen MR) is 151 cm³/mol. The second-order valence-corrected chi connectivity index (χ2v) is 10.7. The third kappa shape index (κ3) is 5.83. The van der Waals surface area contributed by atoms with Gasteiger partial charge in [0.15, 0.2) is 0 Å². The molecule has 4 rings (SSSR count). The summed E-state index contributed by atoms with van der Waals surface area (Å²) in [6.45, 7) is 11.9. The molecule has 7 nitrogen and oxygen atoms in total. The van der Waals surface area contributed by atoms with Crippen LogP contribution in [0.2, 0.25) is 0 Å². The topological polar surface area (TPSA) is 103 Å². The second kappa shape index (κ2) is 10.6. The minimum atomic E-state index is -0.785. The number of phenols is 1. The number of alkyl carbamates (subject to hydrolysis) is 1. The van der Waals surface area contributed by atoms with Gasteiger partial charge in [-0.2, -0.15) is 0 Å². The highest BCUT2D eigenvalue weighted by molar-refractivity contribution is 5.99. The van der Waals surface area contributed by atoms with E-state index >= 15 is 0 Å². The van der Waals surface area contributed by atoms with Crippen LogP contribution in [-0.2, 0) is 21.6 Å². The molecule has 0 spiro atoms. The zero-order valence-corrected chi connectivity index (χ0v) is 22.7. The molecule has 0 unspecified atom stereocenters. The van der Waals surface area contributed by atoms with Crippen molar-refractivity contribution >= 4 is 28.6 Å². The number of aromatic amines is 1. The van der Waals surface area contributed by atoms with E-state index in [-0.39, 0.29) is 17.9 Å². The van der Waals surface area contributed by atoms with Gasteiger partial charge in [0.1, 0.15) is 18.4 Å². The Labute approximate surface area is 223 Å². The van der Waals surface area contributed by atoms with Gasteiger partial charge in [-0.25, -0.2) is 4.79 Å². The van der Waals surface area contributed by atoms with E-state index in [0.29, 0.717) is 11.4 Å². The molecule has 3 aromatic carbocycles. The summed E-state index contributed by atoms with van der Waals surface area (Å²) in [7, 11) is 0. The quantitative estimate of drug-likeness (QED) is 0.230. The largest absolute Gasteiger partial charge is 0.507 e. The number of aromatic hydroxyl groups is 1. The Morgan fingerprint density at radius 1 is 1.03 bits per heavy atom. The Kier molecular flexibility index (Phi) is 7.49. The van der Waals surface area contributed by atoms with Gasteiger partial charge in [-0.15, -0.1) is 0 Å². The predicted octanol–water partition coefficient (Wildman–Crippen LogP) is 6.71. The van der Waals surface area contributed by atoms with Crippen LogP contribution < -0.4 is 10.6 Å². The van der Waals surface area contributed by atoms with Gasteiger partial charge >= 0.3 is 6.09 Å². The Morgan fingerprint density at radius 2 is 1.74 bits per heavy atom. The van der Waals surface area contributed by atoms with E-state index in [9.17, 15) is 14.7 Å². The summed E-state index contributed by atoms with van der Waals surface area (Å²) >= 11 is 0. The maximum Gasteiger partial charge on any atom is 0.408 e.